The van der Waals surface area contributed by atoms with Gasteiger partial charge in [0.2, 0.25) is 0 Å². The van der Waals surface area contributed by atoms with Gasteiger partial charge in [0, 0.05) is 10.1 Å². The Morgan fingerprint density at radius 2 is 2.14 bits per heavy atom. The highest BCUT2D eigenvalue weighted by atomic mass is 32.8. The van der Waals surface area contributed by atoms with Crippen molar-refractivity contribution in [2.24, 2.45) is 0 Å². The molecule has 5 heteroatoms. The van der Waals surface area contributed by atoms with Crippen molar-refractivity contribution >= 4 is 18.0 Å². The Morgan fingerprint density at radius 1 is 1.50 bits per heavy atom. The molecule has 0 spiro atoms. The van der Waals surface area contributed by atoms with E-state index in [0.717, 1.165) is 12.8 Å². The highest BCUT2D eigenvalue weighted by molar-refractivity contribution is 8.45. The number of rotatable bonds is 2. The van der Waals surface area contributed by atoms with Gasteiger partial charge >= 0.3 is 0 Å². The molecule has 1 aliphatic carbocycles. The summed E-state index contributed by atoms with van der Waals surface area (Å²) in [4.78, 5) is 0.500. The Bertz CT molecular complexity index is 417. The highest BCUT2D eigenvalue weighted by Gasteiger charge is 2.34. The molecule has 0 saturated heterocycles. The fraction of sp³-hybridized carbons (Fsp3) is 0.333. The first-order valence-corrected chi connectivity index (χ1v) is 7.78. The number of benzene rings is 1. The second-order valence-corrected chi connectivity index (χ2v) is 8.54. The third-order valence-corrected chi connectivity index (χ3v) is 7.27. The molecule has 0 radical (unpaired) electrons. The second-order valence-electron chi connectivity index (χ2n) is 3.58. The number of phenolic OH excluding ortho intramolecular Hbond substituents is 1. The standard InChI is InChI=1S/C9H12FO2PS/c10-8-5-7(3-4-9(8)11)14(12,13)6-1-2-6/h3-6,11,14H,1-2,13H2. The molecule has 0 amide bonds. The van der Waals surface area contributed by atoms with Crippen molar-refractivity contribution in [3.63, 3.8) is 0 Å². The zero-order valence-corrected chi connectivity index (χ0v) is 9.53. The maximum Gasteiger partial charge on any atom is 0.165 e. The van der Waals surface area contributed by atoms with Gasteiger partial charge in [-0.1, -0.05) is 18.0 Å². The smallest absolute Gasteiger partial charge is 0.165 e. The zero-order chi connectivity index (χ0) is 10.3. The predicted molar refractivity (Wildman–Crippen MR) is 58.6 cm³/mol. The largest absolute Gasteiger partial charge is 0.505 e. The highest BCUT2D eigenvalue weighted by Crippen LogP contribution is 2.44. The molecule has 14 heavy (non-hydrogen) atoms. The van der Waals surface area contributed by atoms with E-state index < -0.39 is 21.1 Å². The van der Waals surface area contributed by atoms with Gasteiger partial charge in [0.05, 0.1) is 0 Å². The van der Waals surface area contributed by atoms with Crippen molar-refractivity contribution < 1.29 is 13.7 Å². The van der Waals surface area contributed by atoms with Crippen LogP contribution in [-0.2, 0) is 9.55 Å². The van der Waals surface area contributed by atoms with Crippen molar-refractivity contribution in [1.29, 1.82) is 0 Å². The number of hydrogen-bond donors (Lipinski definition) is 2. The maximum atomic E-state index is 13.0. The van der Waals surface area contributed by atoms with Crippen molar-refractivity contribution in [1.82, 2.24) is 0 Å². The number of hydrogen-bond acceptors (Lipinski definition) is 2. The monoisotopic (exact) mass is 234 g/mol. The van der Waals surface area contributed by atoms with Crippen molar-refractivity contribution in [2.75, 3.05) is 0 Å². The average molecular weight is 234 g/mol. The summed E-state index contributed by atoms with van der Waals surface area (Å²) < 4.78 is 25.2. The SMILES string of the molecule is O=[SH](P)(c1ccc(O)c(F)c1)C1CC1. The van der Waals surface area contributed by atoms with Gasteiger partial charge in [-0.15, -0.1) is 0 Å². The van der Waals surface area contributed by atoms with Crippen LogP contribution < -0.4 is 0 Å². The normalized spacial score (nSPS) is 18.1. The van der Waals surface area contributed by atoms with Crippen LogP contribution in [0.2, 0.25) is 0 Å². The Hall–Kier alpha value is -0.470. The third-order valence-electron chi connectivity index (χ3n) is 2.42. The molecule has 0 aliphatic heterocycles. The third kappa shape index (κ3) is 1.69. The number of halogens is 1. The van der Waals surface area contributed by atoms with E-state index in [1.54, 1.807) is 0 Å². The van der Waals surface area contributed by atoms with Gasteiger partial charge in [0.25, 0.3) is 0 Å². The van der Waals surface area contributed by atoms with E-state index >= 15 is 0 Å². The van der Waals surface area contributed by atoms with Gasteiger partial charge in [0.15, 0.2) is 11.6 Å². The van der Waals surface area contributed by atoms with Gasteiger partial charge in [-0.3, -0.25) is 4.21 Å². The fourth-order valence-corrected chi connectivity index (χ4v) is 4.72. The molecule has 0 heterocycles. The Kier molecular flexibility index (Phi) is 2.36. The van der Waals surface area contributed by atoms with Crippen molar-refractivity contribution in [3.05, 3.63) is 24.0 Å². The zero-order valence-electron chi connectivity index (χ0n) is 7.48. The molecule has 1 aliphatic rings. The van der Waals surface area contributed by atoms with Crippen molar-refractivity contribution in [2.45, 2.75) is 23.0 Å². The minimum absolute atomic E-state index is 0.191. The van der Waals surface area contributed by atoms with Gasteiger partial charge in [0.1, 0.15) is 0 Å². The number of aromatic hydroxyl groups is 1. The summed E-state index contributed by atoms with van der Waals surface area (Å²) in [6.45, 7) is 0. The number of phenols is 1. The minimum atomic E-state index is -2.49. The van der Waals surface area contributed by atoms with Gasteiger partial charge in [-0.2, -0.15) is 0 Å². The Morgan fingerprint density at radius 3 is 2.64 bits per heavy atom. The van der Waals surface area contributed by atoms with E-state index in [1.807, 2.05) is 0 Å². The van der Waals surface area contributed by atoms with E-state index in [4.69, 9.17) is 5.11 Å². The predicted octanol–water partition coefficient (Wildman–Crippen LogP) is 1.86. The lowest BCUT2D eigenvalue weighted by molar-refractivity contribution is 0.431. The summed E-state index contributed by atoms with van der Waals surface area (Å²) in [5.41, 5.74) is 0. The molecule has 0 aromatic heterocycles. The summed E-state index contributed by atoms with van der Waals surface area (Å²) in [7, 11) is -0.133. The van der Waals surface area contributed by atoms with Crippen LogP contribution in [0.3, 0.4) is 0 Å². The summed E-state index contributed by atoms with van der Waals surface area (Å²) in [5.74, 6) is -1.10. The van der Waals surface area contributed by atoms with E-state index in [2.05, 4.69) is 8.44 Å². The summed E-state index contributed by atoms with van der Waals surface area (Å²) in [6.07, 6.45) is 1.90. The molecule has 1 aromatic carbocycles. The van der Waals surface area contributed by atoms with Crippen LogP contribution in [-0.4, -0.2) is 14.6 Å². The van der Waals surface area contributed by atoms with E-state index in [9.17, 15) is 8.60 Å². The van der Waals surface area contributed by atoms with Gasteiger partial charge < -0.3 is 5.11 Å². The lowest BCUT2D eigenvalue weighted by atomic mass is 10.3. The molecule has 2 rings (SSSR count). The lowest BCUT2D eigenvalue weighted by Crippen LogP contribution is -2.08. The summed E-state index contributed by atoms with van der Waals surface area (Å²) >= 11 is 0. The average Bonchev–Trinajstić information content (AvgIpc) is 2.92. The summed E-state index contributed by atoms with van der Waals surface area (Å²) in [6, 6.07) is 3.95. The molecule has 1 fully saturated rings. The van der Waals surface area contributed by atoms with Crippen molar-refractivity contribution in [3.8, 4) is 5.75 Å². The molecule has 1 saturated carbocycles. The molecule has 78 valence electrons. The molecular weight excluding hydrogens is 222 g/mol. The second kappa shape index (κ2) is 3.28. The molecule has 1 N–H and O–H groups in total. The molecule has 0 bridgehead atoms. The van der Waals surface area contributed by atoms with Gasteiger partial charge in [-0.05, 0) is 31.0 Å². The van der Waals surface area contributed by atoms with Crippen LogP contribution in [0.1, 0.15) is 12.8 Å². The van der Waals surface area contributed by atoms with E-state index in [-0.39, 0.29) is 5.25 Å². The first-order chi connectivity index (χ1) is 6.51. The van der Waals surface area contributed by atoms with Crippen LogP contribution in [0.25, 0.3) is 0 Å². The maximum absolute atomic E-state index is 13.0. The van der Waals surface area contributed by atoms with Crippen LogP contribution in [0.15, 0.2) is 23.1 Å². The minimum Gasteiger partial charge on any atom is -0.505 e. The van der Waals surface area contributed by atoms with E-state index in [0.29, 0.717) is 4.90 Å². The molecular formula is C9H12FO2PS. The Balaban J connectivity index is 2.41. The Labute approximate surface area is 84.9 Å². The topological polar surface area (TPSA) is 37.3 Å². The molecule has 1 atom stereocenters. The number of thiol groups is 1. The van der Waals surface area contributed by atoms with E-state index in [1.165, 1.54) is 18.2 Å². The van der Waals surface area contributed by atoms with Gasteiger partial charge in [-0.25, -0.2) is 4.39 Å². The first-order valence-electron chi connectivity index (χ1n) is 4.39. The summed E-state index contributed by atoms with van der Waals surface area (Å²) in [5, 5.41) is 9.18. The van der Waals surface area contributed by atoms with Crippen LogP contribution in [0.4, 0.5) is 4.39 Å². The lowest BCUT2D eigenvalue weighted by Gasteiger charge is -2.18. The molecule has 2 nitrogen and oxygen atoms in total. The molecule has 1 aromatic rings. The quantitative estimate of drug-likeness (QED) is 0.605. The van der Waals surface area contributed by atoms with Crippen LogP contribution in [0.5, 0.6) is 5.75 Å². The fourth-order valence-electron chi connectivity index (χ4n) is 1.38. The van der Waals surface area contributed by atoms with Crippen LogP contribution >= 0.6 is 8.44 Å². The first kappa shape index (κ1) is 10.1. The van der Waals surface area contributed by atoms with Crippen LogP contribution in [0, 0.1) is 5.82 Å². The molecule has 1 unspecified atom stereocenters.